The highest BCUT2D eigenvalue weighted by Crippen LogP contribution is 2.36. The predicted octanol–water partition coefficient (Wildman–Crippen LogP) is 9.62. The molecule has 242 valence electrons. The molecule has 0 aliphatic heterocycles. The number of nitrogens with zero attached hydrogens (tertiary/aromatic N) is 3. The van der Waals surface area contributed by atoms with Crippen LogP contribution in [0.3, 0.4) is 0 Å². The molecule has 5 rings (SSSR count). The second-order valence-corrected chi connectivity index (χ2v) is 13.1. The van der Waals surface area contributed by atoms with Crippen molar-refractivity contribution in [2.75, 3.05) is 13.7 Å². The van der Waals surface area contributed by atoms with Crippen LogP contribution in [0.25, 0.3) is 22.3 Å². The molecule has 0 atom stereocenters. The molecule has 47 heavy (non-hydrogen) atoms. The predicted molar refractivity (Wildman–Crippen MR) is 197 cm³/mol. The van der Waals surface area contributed by atoms with Crippen molar-refractivity contribution in [3.63, 3.8) is 0 Å². The van der Waals surface area contributed by atoms with Gasteiger partial charge in [-0.3, -0.25) is 4.79 Å². The molecule has 1 aromatic heterocycles. The third kappa shape index (κ3) is 7.52. The molecule has 5 aromatic rings. The molecular formula is C38H37Br2N3O4. The highest BCUT2D eigenvalue weighted by atomic mass is 79.9. The van der Waals surface area contributed by atoms with E-state index in [0.29, 0.717) is 47.9 Å². The number of hydrogen-bond acceptors (Lipinski definition) is 6. The lowest BCUT2D eigenvalue weighted by Gasteiger charge is -2.18. The Morgan fingerprint density at radius 2 is 1.79 bits per heavy atom. The summed E-state index contributed by atoms with van der Waals surface area (Å²) in [7, 11) is 1.67. The molecule has 4 aromatic carbocycles. The van der Waals surface area contributed by atoms with Gasteiger partial charge in [0, 0.05) is 25.6 Å². The highest BCUT2D eigenvalue weighted by molar-refractivity contribution is 9.11. The lowest BCUT2D eigenvalue weighted by atomic mass is 9.96. The van der Waals surface area contributed by atoms with Gasteiger partial charge in [-0.05, 0) is 91.4 Å². The zero-order valence-electron chi connectivity index (χ0n) is 27.1. The van der Waals surface area contributed by atoms with Crippen LogP contribution in [0.2, 0.25) is 0 Å². The molecule has 0 fully saturated rings. The number of fused-ring (bicyclic) bond motifs is 1. The van der Waals surface area contributed by atoms with Crippen molar-refractivity contribution in [1.82, 2.24) is 9.66 Å². The van der Waals surface area contributed by atoms with Gasteiger partial charge in [0.05, 0.1) is 30.8 Å². The fraction of sp³-hybridized carbons (Fsp3) is 0.237. The van der Waals surface area contributed by atoms with E-state index in [2.05, 4.69) is 52.3 Å². The minimum atomic E-state index is -0.264. The second-order valence-electron chi connectivity index (χ2n) is 11.3. The van der Waals surface area contributed by atoms with Gasteiger partial charge in [0.15, 0.2) is 17.3 Å². The Kier molecular flexibility index (Phi) is 11.0. The fourth-order valence-electron chi connectivity index (χ4n) is 5.38. The summed E-state index contributed by atoms with van der Waals surface area (Å²) in [5.41, 5.74) is 5.71. The van der Waals surface area contributed by atoms with E-state index in [9.17, 15) is 4.79 Å². The van der Waals surface area contributed by atoms with Gasteiger partial charge in [-0.25, -0.2) is 4.98 Å². The van der Waals surface area contributed by atoms with Crippen molar-refractivity contribution in [2.45, 2.75) is 46.6 Å². The monoisotopic (exact) mass is 757 g/mol. The summed E-state index contributed by atoms with van der Waals surface area (Å²) < 4.78 is 21.4. The lowest BCUT2D eigenvalue weighted by Crippen LogP contribution is -2.21. The van der Waals surface area contributed by atoms with Gasteiger partial charge < -0.3 is 14.2 Å². The van der Waals surface area contributed by atoms with Crippen LogP contribution in [0.1, 0.15) is 54.5 Å². The van der Waals surface area contributed by atoms with Crippen LogP contribution < -0.4 is 19.8 Å². The standard InChI is InChI=1S/C38H37Br2N3O4/c1-7-11-26-17-25(18-35(46-8-2)36(26)47-22-27-14-15-28(39)19-32(27)40)21-41-43-37(42-33-13-10-9-12-29(33)38(43)44)31-20-30(23(3)4)34(45-6)16-24(31)5/h7,9-10,12-21,23H,1,8,11,22H2,2-6H3. The summed E-state index contributed by atoms with van der Waals surface area (Å²) in [6.07, 6.45) is 4.03. The minimum absolute atomic E-state index is 0.194. The normalized spacial score (nSPS) is 11.4. The zero-order valence-corrected chi connectivity index (χ0v) is 30.3. The number of halogens is 2. The molecule has 0 N–H and O–H groups in total. The summed E-state index contributed by atoms with van der Waals surface area (Å²) >= 11 is 7.13. The fourth-order valence-corrected chi connectivity index (χ4v) is 6.54. The van der Waals surface area contributed by atoms with Crippen LogP contribution in [0.5, 0.6) is 17.2 Å². The van der Waals surface area contributed by atoms with E-state index in [4.69, 9.17) is 24.3 Å². The Morgan fingerprint density at radius 3 is 2.49 bits per heavy atom. The number of benzene rings is 4. The smallest absolute Gasteiger partial charge is 0.282 e. The number of allylic oxidation sites excluding steroid dienone is 1. The van der Waals surface area contributed by atoms with Crippen LogP contribution in [-0.4, -0.2) is 29.6 Å². The van der Waals surface area contributed by atoms with Gasteiger partial charge in [-0.15, -0.1) is 6.58 Å². The van der Waals surface area contributed by atoms with Gasteiger partial charge in [0.2, 0.25) is 0 Å². The third-order valence-corrected chi connectivity index (χ3v) is 8.95. The quantitative estimate of drug-likeness (QED) is 0.0936. The third-order valence-electron chi connectivity index (χ3n) is 7.72. The lowest BCUT2D eigenvalue weighted by molar-refractivity contribution is 0.266. The van der Waals surface area contributed by atoms with E-state index in [0.717, 1.165) is 48.1 Å². The molecule has 0 radical (unpaired) electrons. The zero-order chi connectivity index (χ0) is 33.7. The number of rotatable bonds is 12. The molecule has 0 aliphatic rings. The maximum atomic E-state index is 14.0. The van der Waals surface area contributed by atoms with E-state index >= 15 is 0 Å². The van der Waals surface area contributed by atoms with E-state index in [1.165, 1.54) is 4.68 Å². The Hall–Kier alpha value is -4.21. The average molecular weight is 760 g/mol. The SMILES string of the molecule is C=CCc1cc(C=Nn2c(-c3cc(C(C)C)c(OC)cc3C)nc3ccccc3c2=O)cc(OCC)c1OCc1ccc(Br)cc1Br. The van der Waals surface area contributed by atoms with Crippen LogP contribution in [0.4, 0.5) is 0 Å². The number of hydrogen-bond donors (Lipinski definition) is 0. The van der Waals surface area contributed by atoms with Crippen LogP contribution in [0.15, 0.2) is 98.2 Å². The molecule has 1 heterocycles. The molecule has 0 bridgehead atoms. The molecule has 0 unspecified atom stereocenters. The van der Waals surface area contributed by atoms with Crippen molar-refractivity contribution in [2.24, 2.45) is 5.10 Å². The van der Waals surface area contributed by atoms with Crippen LogP contribution in [0, 0.1) is 6.92 Å². The van der Waals surface area contributed by atoms with Crippen LogP contribution >= 0.6 is 31.9 Å². The summed E-state index contributed by atoms with van der Waals surface area (Å²) in [5, 5.41) is 5.24. The molecule has 0 saturated carbocycles. The number of aromatic nitrogens is 2. The average Bonchev–Trinajstić information content (AvgIpc) is 3.04. The molecule has 0 aliphatic carbocycles. The molecule has 0 amide bonds. The summed E-state index contributed by atoms with van der Waals surface area (Å²) in [4.78, 5) is 18.9. The van der Waals surface area contributed by atoms with Gasteiger partial charge >= 0.3 is 0 Å². The Bertz CT molecular complexity index is 2030. The summed E-state index contributed by atoms with van der Waals surface area (Å²) in [6.45, 7) is 12.9. The molecule has 0 spiro atoms. The van der Waals surface area contributed by atoms with Gasteiger partial charge in [-0.1, -0.05) is 70.0 Å². The number of para-hydroxylation sites is 1. The van der Waals surface area contributed by atoms with Crippen molar-refractivity contribution >= 4 is 49.0 Å². The first kappa shape index (κ1) is 34.1. The van der Waals surface area contributed by atoms with E-state index in [1.54, 1.807) is 19.4 Å². The molecule has 7 nitrogen and oxygen atoms in total. The first-order valence-electron chi connectivity index (χ1n) is 15.4. The van der Waals surface area contributed by atoms with Crippen molar-refractivity contribution in [3.05, 3.63) is 127 Å². The number of methoxy groups -OCH3 is 1. The van der Waals surface area contributed by atoms with Crippen LogP contribution in [-0.2, 0) is 13.0 Å². The summed E-state index contributed by atoms with van der Waals surface area (Å²) in [5.74, 6) is 2.66. The molecular weight excluding hydrogens is 722 g/mol. The van der Waals surface area contributed by atoms with Crippen molar-refractivity contribution in [3.8, 4) is 28.6 Å². The minimum Gasteiger partial charge on any atom is -0.496 e. The topological polar surface area (TPSA) is 74.9 Å². The maximum absolute atomic E-state index is 14.0. The van der Waals surface area contributed by atoms with Crippen molar-refractivity contribution in [1.29, 1.82) is 0 Å². The Labute approximate surface area is 292 Å². The molecule has 0 saturated heterocycles. The largest absolute Gasteiger partial charge is 0.496 e. The van der Waals surface area contributed by atoms with E-state index in [-0.39, 0.29) is 11.5 Å². The number of aryl methyl sites for hydroxylation is 1. The van der Waals surface area contributed by atoms with Gasteiger partial charge in [0.25, 0.3) is 5.56 Å². The first-order valence-corrected chi connectivity index (χ1v) is 17.0. The maximum Gasteiger partial charge on any atom is 0.282 e. The van der Waals surface area contributed by atoms with Gasteiger partial charge in [-0.2, -0.15) is 9.78 Å². The van der Waals surface area contributed by atoms with E-state index in [1.807, 2.05) is 80.6 Å². The number of ether oxygens (including phenoxy) is 3. The highest BCUT2D eigenvalue weighted by Gasteiger charge is 2.19. The Balaban J connectivity index is 1.63. The summed E-state index contributed by atoms with van der Waals surface area (Å²) in [6, 6.07) is 21.2. The van der Waals surface area contributed by atoms with Gasteiger partial charge in [0.1, 0.15) is 12.4 Å². The molecule has 9 heteroatoms. The Morgan fingerprint density at radius 1 is 1.00 bits per heavy atom. The van der Waals surface area contributed by atoms with E-state index < -0.39 is 0 Å². The van der Waals surface area contributed by atoms with Crippen molar-refractivity contribution < 1.29 is 14.2 Å². The first-order chi connectivity index (χ1) is 22.6. The second kappa shape index (κ2) is 15.1.